The molecule has 0 radical (unpaired) electrons. The van der Waals surface area contributed by atoms with Crippen LogP contribution in [0.2, 0.25) is 0 Å². The van der Waals surface area contributed by atoms with Gasteiger partial charge in [0.2, 0.25) is 10.0 Å². The molecule has 0 heterocycles. The number of aliphatic imine (C=N–C) groups is 1. The Labute approximate surface area is 161 Å². The molecule has 3 N–H and O–H groups in total. The van der Waals surface area contributed by atoms with Crippen LogP contribution in [0.4, 0.5) is 18.9 Å². The molecule has 0 saturated heterocycles. The Balaban J connectivity index is 1.95. The van der Waals surface area contributed by atoms with E-state index in [0.29, 0.717) is 29.3 Å². The maximum Gasteiger partial charge on any atom is 0.416 e. The van der Waals surface area contributed by atoms with Crippen LogP contribution >= 0.6 is 0 Å². The van der Waals surface area contributed by atoms with E-state index in [1.165, 1.54) is 12.1 Å². The molecule has 0 amide bonds. The zero-order valence-electron chi connectivity index (χ0n) is 15.3. The van der Waals surface area contributed by atoms with E-state index in [0.717, 1.165) is 18.4 Å². The van der Waals surface area contributed by atoms with E-state index in [2.05, 4.69) is 20.3 Å². The topological polar surface area (TPSA) is 82.6 Å². The Morgan fingerprint density at radius 3 is 2.18 bits per heavy atom. The van der Waals surface area contributed by atoms with Crippen molar-refractivity contribution in [3.63, 3.8) is 0 Å². The molecule has 0 aromatic heterocycles. The molecular formula is C18H21F3N4O2S. The number of nitrogens with one attached hydrogen (secondary N) is 3. The van der Waals surface area contributed by atoms with Gasteiger partial charge in [0.15, 0.2) is 5.96 Å². The fraction of sp³-hybridized carbons (Fsp3) is 0.278. The monoisotopic (exact) mass is 414 g/mol. The lowest BCUT2D eigenvalue weighted by Gasteiger charge is -2.15. The lowest BCUT2D eigenvalue weighted by Crippen LogP contribution is -2.36. The molecular weight excluding hydrogens is 393 g/mol. The smallest absolute Gasteiger partial charge is 0.352 e. The summed E-state index contributed by atoms with van der Waals surface area (Å²) in [6, 6.07) is 11.8. The van der Waals surface area contributed by atoms with Gasteiger partial charge in [-0.1, -0.05) is 30.3 Å². The predicted octanol–water partition coefficient (Wildman–Crippen LogP) is 2.94. The highest BCUT2D eigenvalue weighted by Crippen LogP contribution is 2.29. The largest absolute Gasteiger partial charge is 0.416 e. The van der Waals surface area contributed by atoms with Crippen LogP contribution in [-0.2, 0) is 29.3 Å². The van der Waals surface area contributed by atoms with Crippen LogP contribution in [0, 0.1) is 0 Å². The van der Waals surface area contributed by atoms with E-state index >= 15 is 0 Å². The summed E-state index contributed by atoms with van der Waals surface area (Å²) in [4.78, 5) is 4.06. The third-order valence-corrected chi connectivity index (χ3v) is 4.31. The minimum atomic E-state index is -4.36. The summed E-state index contributed by atoms with van der Waals surface area (Å²) in [6.07, 6.45) is -3.29. The third kappa shape index (κ3) is 6.76. The average Bonchev–Trinajstić information content (AvgIpc) is 2.61. The number of anilines is 1. The highest BCUT2D eigenvalue weighted by atomic mass is 32.2. The zero-order chi connectivity index (χ0) is 20.8. The molecule has 0 aliphatic carbocycles. The second-order valence-electron chi connectivity index (χ2n) is 6.01. The van der Waals surface area contributed by atoms with E-state index in [1.807, 2.05) is 0 Å². The number of guanidine groups is 1. The third-order valence-electron chi connectivity index (χ3n) is 3.72. The van der Waals surface area contributed by atoms with Gasteiger partial charge < -0.3 is 10.6 Å². The maximum atomic E-state index is 12.6. The summed E-state index contributed by atoms with van der Waals surface area (Å²) in [5.41, 5.74) is 1.13. The number of para-hydroxylation sites is 1. The summed E-state index contributed by atoms with van der Waals surface area (Å²) < 4.78 is 63.1. The van der Waals surface area contributed by atoms with Crippen molar-refractivity contribution in [1.29, 1.82) is 0 Å². The average molecular weight is 414 g/mol. The molecule has 6 nitrogen and oxygen atoms in total. The Morgan fingerprint density at radius 1 is 1.00 bits per heavy atom. The summed E-state index contributed by atoms with van der Waals surface area (Å²) >= 11 is 0. The first kappa shape index (κ1) is 21.5. The van der Waals surface area contributed by atoms with Gasteiger partial charge in [0, 0.05) is 20.1 Å². The van der Waals surface area contributed by atoms with Crippen molar-refractivity contribution in [3.8, 4) is 0 Å². The van der Waals surface area contributed by atoms with Crippen LogP contribution < -0.4 is 15.4 Å². The SMILES string of the molecule is CN=C(NCc1ccc(C(F)(F)F)cc1)NCc1ccccc1NS(C)(=O)=O. The van der Waals surface area contributed by atoms with E-state index in [4.69, 9.17) is 0 Å². The molecule has 152 valence electrons. The Morgan fingerprint density at radius 2 is 1.61 bits per heavy atom. The normalized spacial score (nSPS) is 12.5. The van der Waals surface area contributed by atoms with Gasteiger partial charge in [-0.3, -0.25) is 9.71 Å². The summed E-state index contributed by atoms with van der Waals surface area (Å²) in [6.45, 7) is 0.576. The van der Waals surface area contributed by atoms with Crippen LogP contribution in [-0.4, -0.2) is 27.7 Å². The number of benzene rings is 2. The molecule has 0 aliphatic rings. The number of rotatable bonds is 6. The number of nitrogens with zero attached hydrogens (tertiary/aromatic N) is 1. The minimum absolute atomic E-state index is 0.279. The van der Waals surface area contributed by atoms with Gasteiger partial charge in [0.1, 0.15) is 0 Å². The van der Waals surface area contributed by atoms with Gasteiger partial charge in [-0.05, 0) is 29.3 Å². The summed E-state index contributed by atoms with van der Waals surface area (Å²) in [5, 5.41) is 6.04. The second kappa shape index (κ2) is 8.96. The highest BCUT2D eigenvalue weighted by Gasteiger charge is 2.29. The number of hydrogen-bond acceptors (Lipinski definition) is 3. The minimum Gasteiger partial charge on any atom is -0.352 e. The number of sulfonamides is 1. The van der Waals surface area contributed by atoms with E-state index in [9.17, 15) is 21.6 Å². The fourth-order valence-corrected chi connectivity index (χ4v) is 2.97. The van der Waals surface area contributed by atoms with Crippen LogP contribution in [0.3, 0.4) is 0 Å². The molecule has 0 saturated carbocycles. The highest BCUT2D eigenvalue weighted by molar-refractivity contribution is 7.92. The number of alkyl halides is 3. The standard InChI is InChI=1S/C18H21F3N4O2S/c1-22-17(23-11-13-7-9-15(10-8-13)18(19,20)21)24-12-14-5-3-4-6-16(14)25-28(2,26)27/h3-10,25H,11-12H2,1-2H3,(H2,22,23,24). The summed E-state index contributed by atoms with van der Waals surface area (Å²) in [7, 11) is -1.85. The van der Waals surface area contributed by atoms with Crippen molar-refractivity contribution in [2.45, 2.75) is 19.3 Å². The molecule has 2 aromatic carbocycles. The van der Waals surface area contributed by atoms with Gasteiger partial charge in [-0.15, -0.1) is 0 Å². The van der Waals surface area contributed by atoms with Gasteiger partial charge in [-0.2, -0.15) is 13.2 Å². The first-order chi connectivity index (χ1) is 13.1. The molecule has 0 fully saturated rings. The maximum absolute atomic E-state index is 12.6. The van der Waals surface area contributed by atoms with Gasteiger partial charge >= 0.3 is 6.18 Å². The molecule has 10 heteroatoms. The predicted molar refractivity (Wildman–Crippen MR) is 103 cm³/mol. The van der Waals surface area contributed by atoms with Crippen molar-refractivity contribution in [2.24, 2.45) is 4.99 Å². The van der Waals surface area contributed by atoms with Crippen molar-refractivity contribution in [3.05, 3.63) is 65.2 Å². The summed E-state index contributed by atoms with van der Waals surface area (Å²) in [5.74, 6) is 0.425. The molecule has 0 atom stereocenters. The van der Waals surface area contributed by atoms with Crippen molar-refractivity contribution in [1.82, 2.24) is 10.6 Å². The van der Waals surface area contributed by atoms with Gasteiger partial charge in [-0.25, -0.2) is 8.42 Å². The lowest BCUT2D eigenvalue weighted by atomic mass is 10.1. The quantitative estimate of drug-likeness (QED) is 0.501. The fourth-order valence-electron chi connectivity index (χ4n) is 2.37. The van der Waals surface area contributed by atoms with Crippen molar-refractivity contribution in [2.75, 3.05) is 18.0 Å². The first-order valence-corrected chi connectivity index (χ1v) is 10.1. The van der Waals surface area contributed by atoms with Gasteiger partial charge in [0.25, 0.3) is 0 Å². The van der Waals surface area contributed by atoms with Crippen LogP contribution in [0.25, 0.3) is 0 Å². The van der Waals surface area contributed by atoms with Crippen molar-refractivity contribution >= 4 is 21.7 Å². The van der Waals surface area contributed by atoms with Crippen molar-refractivity contribution < 1.29 is 21.6 Å². The molecule has 28 heavy (non-hydrogen) atoms. The molecule has 0 unspecified atom stereocenters. The van der Waals surface area contributed by atoms with E-state index < -0.39 is 21.8 Å². The number of hydrogen-bond donors (Lipinski definition) is 3. The number of halogens is 3. The molecule has 0 aliphatic heterocycles. The lowest BCUT2D eigenvalue weighted by molar-refractivity contribution is -0.137. The zero-order valence-corrected chi connectivity index (χ0v) is 16.2. The second-order valence-corrected chi connectivity index (χ2v) is 7.75. The van der Waals surface area contributed by atoms with Crippen LogP contribution in [0.15, 0.2) is 53.5 Å². The molecule has 2 rings (SSSR count). The molecule has 0 bridgehead atoms. The van der Waals surface area contributed by atoms with Crippen LogP contribution in [0.5, 0.6) is 0 Å². The van der Waals surface area contributed by atoms with Crippen LogP contribution in [0.1, 0.15) is 16.7 Å². The Hall–Kier alpha value is -2.75. The first-order valence-electron chi connectivity index (χ1n) is 8.25. The van der Waals surface area contributed by atoms with Gasteiger partial charge in [0.05, 0.1) is 17.5 Å². The molecule has 2 aromatic rings. The Bertz CT molecular complexity index is 927. The van der Waals surface area contributed by atoms with E-state index in [1.54, 1.807) is 31.3 Å². The van der Waals surface area contributed by atoms with E-state index in [-0.39, 0.29) is 6.54 Å². The molecule has 0 spiro atoms. The Kier molecular flexibility index (Phi) is 6.90.